The number of aliphatic hydroxyl groups excluding tert-OH is 1. The summed E-state index contributed by atoms with van der Waals surface area (Å²) in [7, 11) is 0. The van der Waals surface area contributed by atoms with Crippen molar-refractivity contribution < 1.29 is 23.2 Å². The van der Waals surface area contributed by atoms with Crippen LogP contribution < -0.4 is 0 Å². The number of aliphatic hydroxyl groups is 1. The highest BCUT2D eigenvalue weighted by Crippen LogP contribution is 2.37. The highest BCUT2D eigenvalue weighted by atomic mass is 35.5. The van der Waals surface area contributed by atoms with E-state index >= 15 is 0 Å². The average Bonchev–Trinajstić information content (AvgIpc) is 3.20. The molecule has 0 aliphatic heterocycles. The van der Waals surface area contributed by atoms with Crippen LogP contribution in [0.25, 0.3) is 0 Å². The van der Waals surface area contributed by atoms with Crippen molar-refractivity contribution in [2.24, 2.45) is 5.92 Å². The zero-order valence-corrected chi connectivity index (χ0v) is 11.4. The molecule has 21 heavy (non-hydrogen) atoms. The summed E-state index contributed by atoms with van der Waals surface area (Å²) in [6, 6.07) is 2.61. The van der Waals surface area contributed by atoms with Crippen LogP contribution in [0.15, 0.2) is 18.2 Å². The number of nitro groups is 1. The predicted molar refractivity (Wildman–Crippen MR) is 70.7 cm³/mol. The first-order chi connectivity index (χ1) is 9.66. The van der Waals surface area contributed by atoms with Crippen molar-refractivity contribution in [3.8, 4) is 12.3 Å². The van der Waals surface area contributed by atoms with E-state index < -0.39 is 28.5 Å². The summed E-state index contributed by atoms with van der Waals surface area (Å²) in [4.78, 5) is 9.44. The van der Waals surface area contributed by atoms with Crippen LogP contribution >= 0.6 is 11.6 Å². The smallest absolute Gasteiger partial charge is 0.379 e. The summed E-state index contributed by atoms with van der Waals surface area (Å²) >= 11 is 5.41. The van der Waals surface area contributed by atoms with Gasteiger partial charge in [-0.3, -0.25) is 10.1 Å². The molecule has 0 spiro atoms. The molecule has 1 aromatic rings. The third-order valence-electron chi connectivity index (χ3n) is 2.60. The summed E-state index contributed by atoms with van der Waals surface area (Å²) < 4.78 is 36.6. The Labute approximate surface area is 123 Å². The van der Waals surface area contributed by atoms with Gasteiger partial charge in [0.05, 0.1) is 10.5 Å². The number of nitro benzene ring substituents is 1. The van der Waals surface area contributed by atoms with Crippen molar-refractivity contribution >= 4 is 17.3 Å². The molecule has 1 N–H and O–H groups in total. The van der Waals surface area contributed by atoms with Gasteiger partial charge < -0.3 is 5.11 Å². The molecule has 4 nitrogen and oxygen atoms in total. The zero-order valence-electron chi connectivity index (χ0n) is 10.6. The number of rotatable bonds is 2. The second-order valence-electron chi connectivity index (χ2n) is 4.35. The number of terminal acetylenes is 1. The SMILES string of the molecule is C#CC1CC1.O=[N+]([O-])c1ccc(Cl)cc1C(O)C(F)(F)F. The largest absolute Gasteiger partial charge is 0.418 e. The summed E-state index contributed by atoms with van der Waals surface area (Å²) in [5, 5.41) is 19.3. The Morgan fingerprint density at radius 3 is 2.38 bits per heavy atom. The molecule has 0 heterocycles. The fourth-order valence-electron chi connectivity index (χ4n) is 1.34. The van der Waals surface area contributed by atoms with Crippen molar-refractivity contribution in [2.75, 3.05) is 0 Å². The first kappa shape index (κ1) is 17.3. The third kappa shape index (κ3) is 5.25. The van der Waals surface area contributed by atoms with Crippen LogP contribution in [0.1, 0.15) is 24.5 Å². The average molecular weight is 322 g/mol. The summed E-state index contributed by atoms with van der Waals surface area (Å²) in [5.74, 6) is 3.30. The van der Waals surface area contributed by atoms with Gasteiger partial charge in [0.15, 0.2) is 6.10 Å². The second-order valence-corrected chi connectivity index (χ2v) is 4.78. The van der Waals surface area contributed by atoms with E-state index in [-0.39, 0.29) is 5.02 Å². The van der Waals surface area contributed by atoms with Crippen LogP contribution in [0, 0.1) is 28.4 Å². The molecule has 1 aliphatic rings. The number of halogens is 4. The van der Waals surface area contributed by atoms with Crippen molar-refractivity contribution in [2.45, 2.75) is 25.1 Å². The van der Waals surface area contributed by atoms with Gasteiger partial charge in [0, 0.05) is 17.0 Å². The Balaban J connectivity index is 0.000000369. The number of hydrogen-bond acceptors (Lipinski definition) is 3. The van der Waals surface area contributed by atoms with Gasteiger partial charge in [0.1, 0.15) is 0 Å². The van der Waals surface area contributed by atoms with Crippen molar-refractivity contribution in [3.05, 3.63) is 38.9 Å². The zero-order chi connectivity index (χ0) is 16.2. The number of benzene rings is 1. The normalized spacial score (nSPS) is 15.4. The number of hydrogen-bond donors (Lipinski definition) is 1. The Morgan fingerprint density at radius 2 is 2.05 bits per heavy atom. The van der Waals surface area contributed by atoms with Crippen LogP contribution in [-0.2, 0) is 0 Å². The molecule has 1 saturated carbocycles. The molecule has 0 amide bonds. The molecule has 8 heteroatoms. The Morgan fingerprint density at radius 1 is 1.48 bits per heavy atom. The lowest BCUT2D eigenvalue weighted by Crippen LogP contribution is -2.21. The van der Waals surface area contributed by atoms with Crippen LogP contribution in [0.2, 0.25) is 5.02 Å². The van der Waals surface area contributed by atoms with Crippen LogP contribution in [0.4, 0.5) is 18.9 Å². The topological polar surface area (TPSA) is 63.4 Å². The van der Waals surface area contributed by atoms with Crippen molar-refractivity contribution in [3.63, 3.8) is 0 Å². The van der Waals surface area contributed by atoms with Crippen LogP contribution in [0.3, 0.4) is 0 Å². The molecule has 0 saturated heterocycles. The van der Waals surface area contributed by atoms with Gasteiger partial charge in [0.2, 0.25) is 0 Å². The first-order valence-corrected chi connectivity index (χ1v) is 6.19. The van der Waals surface area contributed by atoms with Gasteiger partial charge in [-0.25, -0.2) is 0 Å². The lowest BCUT2D eigenvalue weighted by Gasteiger charge is -2.14. The van der Waals surface area contributed by atoms with E-state index in [1.165, 1.54) is 12.8 Å². The molecule has 1 unspecified atom stereocenters. The molecule has 1 aromatic carbocycles. The van der Waals surface area contributed by atoms with E-state index in [1.54, 1.807) is 0 Å². The van der Waals surface area contributed by atoms with Gasteiger partial charge in [-0.05, 0) is 25.0 Å². The standard InChI is InChI=1S/C8H5ClF3NO3.C5H6/c9-4-1-2-6(13(15)16)5(3-4)7(14)8(10,11)12;1-2-5-3-4-5/h1-3,7,14H;1,5H,3-4H2. The monoisotopic (exact) mass is 321 g/mol. The summed E-state index contributed by atoms with van der Waals surface area (Å²) in [6.07, 6.45) is -0.369. The van der Waals surface area contributed by atoms with E-state index in [1.807, 2.05) is 0 Å². The number of alkyl halides is 3. The maximum Gasteiger partial charge on any atom is 0.418 e. The van der Waals surface area contributed by atoms with Gasteiger partial charge in [-0.15, -0.1) is 12.3 Å². The molecule has 1 aliphatic carbocycles. The summed E-state index contributed by atoms with van der Waals surface area (Å²) in [6.45, 7) is 0. The van der Waals surface area contributed by atoms with Gasteiger partial charge in [0.25, 0.3) is 5.69 Å². The minimum absolute atomic E-state index is 0.121. The maximum atomic E-state index is 12.2. The van der Waals surface area contributed by atoms with Crippen molar-refractivity contribution in [1.82, 2.24) is 0 Å². The molecule has 2 rings (SSSR count). The fourth-order valence-corrected chi connectivity index (χ4v) is 1.52. The van der Waals surface area contributed by atoms with Gasteiger partial charge >= 0.3 is 6.18 Å². The highest BCUT2D eigenvalue weighted by molar-refractivity contribution is 6.30. The lowest BCUT2D eigenvalue weighted by molar-refractivity contribution is -0.387. The molecule has 1 fully saturated rings. The third-order valence-corrected chi connectivity index (χ3v) is 2.84. The summed E-state index contributed by atoms with van der Waals surface area (Å²) in [5.41, 5.74) is -1.70. The Kier molecular flexibility index (Phi) is 5.58. The van der Waals surface area contributed by atoms with E-state index in [9.17, 15) is 23.3 Å². The second kappa shape index (κ2) is 6.78. The molecule has 0 bridgehead atoms. The lowest BCUT2D eigenvalue weighted by atomic mass is 10.1. The van der Waals surface area contributed by atoms with E-state index in [0.29, 0.717) is 5.92 Å². The van der Waals surface area contributed by atoms with Crippen molar-refractivity contribution in [1.29, 1.82) is 0 Å². The highest BCUT2D eigenvalue weighted by Gasteiger charge is 2.42. The van der Waals surface area contributed by atoms with Crippen LogP contribution in [0.5, 0.6) is 0 Å². The van der Waals surface area contributed by atoms with Gasteiger partial charge in [-0.2, -0.15) is 13.2 Å². The number of nitrogens with zero attached hydrogens (tertiary/aromatic N) is 1. The Hall–Kier alpha value is -1.78. The molecular formula is C13H11ClF3NO3. The fraction of sp³-hybridized carbons (Fsp3) is 0.385. The minimum Gasteiger partial charge on any atom is -0.379 e. The molecule has 114 valence electrons. The van der Waals surface area contributed by atoms with Crippen LogP contribution in [-0.4, -0.2) is 16.2 Å². The van der Waals surface area contributed by atoms with E-state index in [0.717, 1.165) is 18.2 Å². The Bertz CT molecular complexity index is 565. The van der Waals surface area contributed by atoms with Gasteiger partial charge in [-0.1, -0.05) is 11.6 Å². The molecule has 0 radical (unpaired) electrons. The molecular weight excluding hydrogens is 311 g/mol. The first-order valence-electron chi connectivity index (χ1n) is 5.81. The molecule has 0 aromatic heterocycles. The van der Waals surface area contributed by atoms with E-state index in [2.05, 4.69) is 5.92 Å². The van der Waals surface area contributed by atoms with E-state index in [4.69, 9.17) is 23.1 Å². The minimum atomic E-state index is -4.98. The maximum absolute atomic E-state index is 12.2. The predicted octanol–water partition coefficient (Wildman–Crippen LogP) is 3.87. The quantitative estimate of drug-likeness (QED) is 0.511. The molecule has 1 atom stereocenters.